The maximum Gasteiger partial charge on any atom is 0.337 e. The minimum atomic E-state index is -1.08. The van der Waals surface area contributed by atoms with Gasteiger partial charge in [0.15, 0.2) is 0 Å². The van der Waals surface area contributed by atoms with Gasteiger partial charge in [-0.3, -0.25) is 4.79 Å². The second kappa shape index (κ2) is 9.17. The van der Waals surface area contributed by atoms with Crippen molar-refractivity contribution in [2.24, 2.45) is 0 Å². The summed E-state index contributed by atoms with van der Waals surface area (Å²) in [5, 5.41) is 17.6. The summed E-state index contributed by atoms with van der Waals surface area (Å²) in [6, 6.07) is 19.0. The van der Waals surface area contributed by atoms with E-state index in [1.165, 1.54) is 12.1 Å². The maximum absolute atomic E-state index is 12.6. The molecular weight excluding hydrogens is 364 g/mol. The van der Waals surface area contributed by atoms with E-state index < -0.39 is 5.97 Å². The number of hydrogen-bond donors (Lipinski definition) is 3. The number of hydrogen-bond acceptors (Lipinski definition) is 3. The van der Waals surface area contributed by atoms with E-state index in [4.69, 9.17) is 0 Å². The minimum Gasteiger partial charge on any atom is -0.478 e. The number of carbonyl (C=O) groups is 2. The second-order valence-corrected chi connectivity index (χ2v) is 6.84. The molecule has 0 radical (unpaired) electrons. The standard InChI is InChI=1S/C24H24N2O3/c1-3-25-15-17-8-11-21(24(28)29)22(13-17)26-23(27)12-16(2)19-10-9-18-6-4-5-7-20(18)14-19/h4-14,25H,3,15H2,1-2H3,(H,26,27)(H,28,29)/b16-12+. The third-order valence-electron chi connectivity index (χ3n) is 4.70. The topological polar surface area (TPSA) is 78.4 Å². The summed E-state index contributed by atoms with van der Waals surface area (Å²) in [6.07, 6.45) is 1.49. The van der Waals surface area contributed by atoms with Crippen LogP contribution < -0.4 is 10.6 Å². The Labute approximate surface area is 170 Å². The first-order valence-electron chi connectivity index (χ1n) is 9.53. The van der Waals surface area contributed by atoms with Crippen LogP contribution in [0.15, 0.2) is 66.7 Å². The number of aromatic carboxylic acids is 1. The summed E-state index contributed by atoms with van der Waals surface area (Å²) >= 11 is 0. The molecule has 0 aromatic heterocycles. The Balaban J connectivity index is 1.83. The molecule has 5 nitrogen and oxygen atoms in total. The van der Waals surface area contributed by atoms with Gasteiger partial charge >= 0.3 is 5.97 Å². The van der Waals surface area contributed by atoms with Gasteiger partial charge in [-0.25, -0.2) is 4.79 Å². The van der Waals surface area contributed by atoms with E-state index in [-0.39, 0.29) is 11.5 Å². The zero-order valence-electron chi connectivity index (χ0n) is 16.5. The fourth-order valence-corrected chi connectivity index (χ4v) is 3.14. The number of allylic oxidation sites excluding steroid dienone is 1. The smallest absolute Gasteiger partial charge is 0.337 e. The number of anilines is 1. The van der Waals surface area contributed by atoms with Crippen molar-refractivity contribution in [3.8, 4) is 0 Å². The van der Waals surface area contributed by atoms with E-state index in [1.54, 1.807) is 12.1 Å². The van der Waals surface area contributed by atoms with Gasteiger partial charge in [-0.2, -0.15) is 0 Å². The van der Waals surface area contributed by atoms with Crippen LogP contribution in [0.5, 0.6) is 0 Å². The van der Waals surface area contributed by atoms with Crippen LogP contribution in [-0.2, 0) is 11.3 Å². The molecule has 0 spiro atoms. The molecule has 3 aromatic carbocycles. The van der Waals surface area contributed by atoms with Crippen LogP contribution in [0.4, 0.5) is 5.69 Å². The fraction of sp³-hybridized carbons (Fsp3) is 0.167. The molecule has 148 valence electrons. The third kappa shape index (κ3) is 5.09. The Morgan fingerprint density at radius 3 is 2.48 bits per heavy atom. The molecule has 0 unspecified atom stereocenters. The molecule has 5 heteroatoms. The van der Waals surface area contributed by atoms with E-state index in [0.717, 1.165) is 34.0 Å². The monoisotopic (exact) mass is 388 g/mol. The van der Waals surface area contributed by atoms with E-state index in [1.807, 2.05) is 56.3 Å². The van der Waals surface area contributed by atoms with Crippen molar-refractivity contribution >= 4 is 33.9 Å². The van der Waals surface area contributed by atoms with Crippen molar-refractivity contribution in [3.05, 3.63) is 83.4 Å². The largest absolute Gasteiger partial charge is 0.478 e. The van der Waals surface area contributed by atoms with Crippen LogP contribution in [0.3, 0.4) is 0 Å². The van der Waals surface area contributed by atoms with Crippen LogP contribution in [0, 0.1) is 0 Å². The summed E-state index contributed by atoms with van der Waals surface area (Å²) in [4.78, 5) is 24.1. The third-order valence-corrected chi connectivity index (χ3v) is 4.70. The van der Waals surface area contributed by atoms with Gasteiger partial charge in [-0.05, 0) is 59.1 Å². The number of nitrogens with one attached hydrogen (secondary N) is 2. The maximum atomic E-state index is 12.6. The summed E-state index contributed by atoms with van der Waals surface area (Å²) in [5.41, 5.74) is 3.00. The molecule has 0 fully saturated rings. The molecule has 0 aliphatic carbocycles. The first-order valence-corrected chi connectivity index (χ1v) is 9.53. The van der Waals surface area contributed by atoms with Crippen LogP contribution >= 0.6 is 0 Å². The Kier molecular flexibility index (Phi) is 6.42. The normalized spacial score (nSPS) is 11.4. The number of carbonyl (C=O) groups excluding carboxylic acids is 1. The molecule has 0 saturated heterocycles. The van der Waals surface area contributed by atoms with Gasteiger partial charge in [0, 0.05) is 12.6 Å². The highest BCUT2D eigenvalue weighted by molar-refractivity contribution is 6.07. The Bertz CT molecular complexity index is 1090. The highest BCUT2D eigenvalue weighted by atomic mass is 16.4. The van der Waals surface area contributed by atoms with Gasteiger partial charge in [0.2, 0.25) is 5.91 Å². The predicted octanol–water partition coefficient (Wildman–Crippen LogP) is 4.69. The summed E-state index contributed by atoms with van der Waals surface area (Å²) in [7, 11) is 0. The van der Waals surface area contributed by atoms with E-state index in [9.17, 15) is 14.7 Å². The van der Waals surface area contributed by atoms with Gasteiger partial charge in [0.05, 0.1) is 11.3 Å². The average molecular weight is 388 g/mol. The number of rotatable bonds is 7. The summed E-state index contributed by atoms with van der Waals surface area (Å²) in [5.74, 6) is -1.44. The lowest BCUT2D eigenvalue weighted by molar-refractivity contribution is -0.111. The molecule has 0 heterocycles. The Hall–Kier alpha value is -3.44. The van der Waals surface area contributed by atoms with Crippen LogP contribution in [0.1, 0.15) is 35.3 Å². The summed E-state index contributed by atoms with van der Waals surface area (Å²) in [6.45, 7) is 5.26. The fourth-order valence-electron chi connectivity index (χ4n) is 3.14. The van der Waals surface area contributed by atoms with Crippen molar-refractivity contribution in [1.82, 2.24) is 5.32 Å². The molecule has 1 amide bonds. The first-order chi connectivity index (χ1) is 14.0. The average Bonchev–Trinajstić information content (AvgIpc) is 2.71. The molecular formula is C24H24N2O3. The number of benzene rings is 3. The molecule has 0 aliphatic heterocycles. The van der Waals surface area contributed by atoms with E-state index >= 15 is 0 Å². The van der Waals surface area contributed by atoms with E-state index in [0.29, 0.717) is 12.2 Å². The van der Waals surface area contributed by atoms with Crippen LogP contribution in [0.25, 0.3) is 16.3 Å². The number of fused-ring (bicyclic) bond motifs is 1. The molecule has 29 heavy (non-hydrogen) atoms. The summed E-state index contributed by atoms with van der Waals surface area (Å²) < 4.78 is 0. The van der Waals surface area contributed by atoms with Crippen molar-refractivity contribution in [1.29, 1.82) is 0 Å². The van der Waals surface area contributed by atoms with Crippen molar-refractivity contribution in [3.63, 3.8) is 0 Å². The van der Waals surface area contributed by atoms with Crippen molar-refractivity contribution in [2.45, 2.75) is 20.4 Å². The SMILES string of the molecule is CCNCc1ccc(C(=O)O)c(NC(=O)/C=C(\C)c2ccc3ccccc3c2)c1. The molecule has 3 aromatic rings. The van der Waals surface area contributed by atoms with Gasteiger partial charge in [-0.15, -0.1) is 0 Å². The molecule has 0 atom stereocenters. The van der Waals surface area contributed by atoms with E-state index in [2.05, 4.69) is 10.6 Å². The molecule has 3 N–H and O–H groups in total. The highest BCUT2D eigenvalue weighted by Crippen LogP contribution is 2.22. The minimum absolute atomic E-state index is 0.0651. The quantitative estimate of drug-likeness (QED) is 0.513. The molecule has 0 saturated carbocycles. The zero-order valence-corrected chi connectivity index (χ0v) is 16.5. The zero-order chi connectivity index (χ0) is 20.8. The highest BCUT2D eigenvalue weighted by Gasteiger charge is 2.13. The van der Waals surface area contributed by atoms with Gasteiger partial charge in [0.1, 0.15) is 0 Å². The molecule has 0 aliphatic rings. The second-order valence-electron chi connectivity index (χ2n) is 6.84. The van der Waals surface area contributed by atoms with Crippen LogP contribution in [0.2, 0.25) is 0 Å². The lowest BCUT2D eigenvalue weighted by Crippen LogP contribution is -2.15. The number of carboxylic acids is 1. The molecule has 0 bridgehead atoms. The van der Waals surface area contributed by atoms with Crippen molar-refractivity contribution in [2.75, 3.05) is 11.9 Å². The van der Waals surface area contributed by atoms with Gasteiger partial charge in [-0.1, -0.05) is 49.4 Å². The predicted molar refractivity (Wildman–Crippen MR) is 117 cm³/mol. The number of amides is 1. The lowest BCUT2D eigenvalue weighted by Gasteiger charge is -2.11. The Morgan fingerprint density at radius 2 is 1.76 bits per heavy atom. The van der Waals surface area contributed by atoms with Gasteiger partial charge in [0.25, 0.3) is 0 Å². The van der Waals surface area contributed by atoms with Crippen LogP contribution in [-0.4, -0.2) is 23.5 Å². The first kappa shape index (κ1) is 20.3. The van der Waals surface area contributed by atoms with Gasteiger partial charge < -0.3 is 15.7 Å². The lowest BCUT2D eigenvalue weighted by atomic mass is 10.0. The number of carboxylic acid groups (broad SMARTS) is 1. The Morgan fingerprint density at radius 1 is 1.00 bits per heavy atom. The van der Waals surface area contributed by atoms with Crippen molar-refractivity contribution < 1.29 is 14.7 Å². The molecule has 3 rings (SSSR count).